The Kier molecular flexibility index (Phi) is 2.79. The zero-order valence-electron chi connectivity index (χ0n) is 7.60. The van der Waals surface area contributed by atoms with Crippen LogP contribution in [0, 0.1) is 0 Å². The van der Waals surface area contributed by atoms with Gasteiger partial charge in [0.15, 0.2) is 0 Å². The summed E-state index contributed by atoms with van der Waals surface area (Å²) in [5.74, 6) is 1.32. The van der Waals surface area contributed by atoms with Gasteiger partial charge in [-0.3, -0.25) is 4.98 Å². The predicted molar refractivity (Wildman–Crippen MR) is 55.1 cm³/mol. The monoisotopic (exact) mass is 207 g/mol. The van der Waals surface area contributed by atoms with Gasteiger partial charge in [0, 0.05) is 24.8 Å². The lowest BCUT2D eigenvalue weighted by Crippen LogP contribution is -2.02. The van der Waals surface area contributed by atoms with Crippen molar-refractivity contribution in [2.24, 2.45) is 0 Å². The van der Waals surface area contributed by atoms with Crippen molar-refractivity contribution in [2.75, 3.05) is 0 Å². The molecular formula is C10H10ClN3. The highest BCUT2D eigenvalue weighted by atomic mass is 35.5. The molecule has 0 N–H and O–H groups in total. The van der Waals surface area contributed by atoms with E-state index >= 15 is 0 Å². The van der Waals surface area contributed by atoms with Crippen molar-refractivity contribution in [3.8, 4) is 0 Å². The minimum atomic E-state index is 0.438. The van der Waals surface area contributed by atoms with E-state index in [1.165, 1.54) is 0 Å². The van der Waals surface area contributed by atoms with Gasteiger partial charge in [-0.15, -0.1) is 11.6 Å². The summed E-state index contributed by atoms with van der Waals surface area (Å²) in [6, 6.07) is 3.96. The van der Waals surface area contributed by atoms with Crippen molar-refractivity contribution in [1.29, 1.82) is 0 Å². The summed E-state index contributed by atoms with van der Waals surface area (Å²) in [6.45, 7) is 0.774. The third kappa shape index (κ3) is 1.93. The summed E-state index contributed by atoms with van der Waals surface area (Å²) in [6.07, 6.45) is 7.29. The normalized spacial score (nSPS) is 10.4. The summed E-state index contributed by atoms with van der Waals surface area (Å²) in [7, 11) is 0. The highest BCUT2D eigenvalue weighted by Gasteiger charge is 2.01. The fourth-order valence-corrected chi connectivity index (χ4v) is 1.53. The van der Waals surface area contributed by atoms with Crippen LogP contribution in [0.5, 0.6) is 0 Å². The van der Waals surface area contributed by atoms with Crippen molar-refractivity contribution in [3.63, 3.8) is 0 Å². The molecule has 2 aromatic heterocycles. The first-order chi connectivity index (χ1) is 6.90. The second-order valence-electron chi connectivity index (χ2n) is 2.97. The zero-order valence-corrected chi connectivity index (χ0v) is 8.35. The van der Waals surface area contributed by atoms with Crippen molar-refractivity contribution in [1.82, 2.24) is 14.5 Å². The minimum Gasteiger partial charge on any atom is -0.329 e. The number of rotatable bonds is 3. The van der Waals surface area contributed by atoms with Gasteiger partial charge in [-0.1, -0.05) is 6.07 Å². The van der Waals surface area contributed by atoms with Crippen LogP contribution < -0.4 is 0 Å². The van der Waals surface area contributed by atoms with E-state index in [-0.39, 0.29) is 0 Å². The molecule has 0 bridgehead atoms. The molecule has 0 saturated heterocycles. The number of imidazole rings is 1. The molecule has 0 fully saturated rings. The van der Waals surface area contributed by atoms with Crippen LogP contribution in [0.4, 0.5) is 0 Å². The topological polar surface area (TPSA) is 30.7 Å². The maximum Gasteiger partial charge on any atom is 0.123 e. The summed E-state index contributed by atoms with van der Waals surface area (Å²) in [5, 5.41) is 0. The number of pyridine rings is 1. The maximum absolute atomic E-state index is 5.74. The minimum absolute atomic E-state index is 0.438. The SMILES string of the molecule is ClCc1nccn1Cc1cccnc1. The molecule has 0 aliphatic heterocycles. The first kappa shape index (κ1) is 9.21. The summed E-state index contributed by atoms with van der Waals surface area (Å²) in [4.78, 5) is 8.20. The number of alkyl halides is 1. The van der Waals surface area contributed by atoms with Crippen LogP contribution in [0.25, 0.3) is 0 Å². The number of hydrogen-bond donors (Lipinski definition) is 0. The van der Waals surface area contributed by atoms with Crippen LogP contribution in [-0.2, 0) is 12.4 Å². The van der Waals surface area contributed by atoms with Crippen LogP contribution in [0.15, 0.2) is 36.9 Å². The zero-order chi connectivity index (χ0) is 9.80. The quantitative estimate of drug-likeness (QED) is 0.722. The third-order valence-electron chi connectivity index (χ3n) is 2.00. The highest BCUT2D eigenvalue weighted by molar-refractivity contribution is 6.16. The second-order valence-corrected chi connectivity index (χ2v) is 3.23. The van der Waals surface area contributed by atoms with E-state index in [9.17, 15) is 0 Å². The highest BCUT2D eigenvalue weighted by Crippen LogP contribution is 2.05. The molecule has 14 heavy (non-hydrogen) atoms. The summed E-state index contributed by atoms with van der Waals surface area (Å²) >= 11 is 5.74. The van der Waals surface area contributed by atoms with E-state index in [0.29, 0.717) is 5.88 Å². The van der Waals surface area contributed by atoms with E-state index in [1.54, 1.807) is 12.4 Å². The van der Waals surface area contributed by atoms with Crippen molar-refractivity contribution in [2.45, 2.75) is 12.4 Å². The Morgan fingerprint density at radius 1 is 1.36 bits per heavy atom. The Balaban J connectivity index is 2.19. The van der Waals surface area contributed by atoms with Crippen LogP contribution in [0.2, 0.25) is 0 Å². The fourth-order valence-electron chi connectivity index (χ4n) is 1.30. The van der Waals surface area contributed by atoms with Crippen LogP contribution in [0.3, 0.4) is 0 Å². The lowest BCUT2D eigenvalue weighted by molar-refractivity contribution is 0.752. The molecule has 4 heteroatoms. The molecule has 0 radical (unpaired) electrons. The first-order valence-electron chi connectivity index (χ1n) is 4.35. The van der Waals surface area contributed by atoms with Gasteiger partial charge in [-0.25, -0.2) is 4.98 Å². The smallest absolute Gasteiger partial charge is 0.123 e. The van der Waals surface area contributed by atoms with Crippen LogP contribution in [-0.4, -0.2) is 14.5 Å². The van der Waals surface area contributed by atoms with E-state index in [0.717, 1.165) is 17.9 Å². The molecule has 2 rings (SSSR count). The average molecular weight is 208 g/mol. The van der Waals surface area contributed by atoms with Gasteiger partial charge in [0.25, 0.3) is 0 Å². The van der Waals surface area contributed by atoms with E-state index < -0.39 is 0 Å². The molecule has 0 unspecified atom stereocenters. The molecular weight excluding hydrogens is 198 g/mol. The molecule has 2 heterocycles. The van der Waals surface area contributed by atoms with Gasteiger partial charge in [-0.05, 0) is 11.6 Å². The lowest BCUT2D eigenvalue weighted by Gasteiger charge is -2.04. The van der Waals surface area contributed by atoms with Crippen molar-refractivity contribution in [3.05, 3.63) is 48.3 Å². The Hall–Kier alpha value is -1.35. The van der Waals surface area contributed by atoms with Crippen molar-refractivity contribution < 1.29 is 0 Å². The molecule has 0 spiro atoms. The number of nitrogens with zero attached hydrogens (tertiary/aromatic N) is 3. The van der Waals surface area contributed by atoms with Crippen molar-refractivity contribution >= 4 is 11.6 Å². The molecule has 0 amide bonds. The molecule has 72 valence electrons. The van der Waals surface area contributed by atoms with Crippen LogP contribution >= 0.6 is 11.6 Å². The fraction of sp³-hybridized carbons (Fsp3) is 0.200. The molecule has 2 aromatic rings. The molecule has 0 aliphatic carbocycles. The second kappa shape index (κ2) is 4.24. The Morgan fingerprint density at radius 2 is 2.29 bits per heavy atom. The van der Waals surface area contributed by atoms with E-state index in [4.69, 9.17) is 11.6 Å². The lowest BCUT2D eigenvalue weighted by atomic mass is 10.3. The predicted octanol–water partition coefficient (Wildman–Crippen LogP) is 2.07. The largest absolute Gasteiger partial charge is 0.329 e. The number of hydrogen-bond acceptors (Lipinski definition) is 2. The van der Waals surface area contributed by atoms with Gasteiger partial charge in [0.2, 0.25) is 0 Å². The molecule has 0 saturated carbocycles. The average Bonchev–Trinajstić information content (AvgIpc) is 2.67. The Labute approximate surface area is 87.4 Å². The molecule has 0 aromatic carbocycles. The maximum atomic E-state index is 5.74. The van der Waals surface area contributed by atoms with E-state index in [1.807, 2.05) is 29.1 Å². The number of aromatic nitrogens is 3. The van der Waals surface area contributed by atoms with Gasteiger partial charge >= 0.3 is 0 Å². The summed E-state index contributed by atoms with van der Waals surface area (Å²) in [5.41, 5.74) is 1.15. The molecule has 3 nitrogen and oxygen atoms in total. The van der Waals surface area contributed by atoms with E-state index in [2.05, 4.69) is 9.97 Å². The molecule has 0 aliphatic rings. The third-order valence-corrected chi connectivity index (χ3v) is 2.24. The van der Waals surface area contributed by atoms with Gasteiger partial charge in [0.05, 0.1) is 12.4 Å². The van der Waals surface area contributed by atoms with Crippen LogP contribution in [0.1, 0.15) is 11.4 Å². The Bertz CT molecular complexity index is 397. The number of halogens is 1. The van der Waals surface area contributed by atoms with Gasteiger partial charge < -0.3 is 4.57 Å². The Morgan fingerprint density at radius 3 is 3.00 bits per heavy atom. The first-order valence-corrected chi connectivity index (χ1v) is 4.88. The summed E-state index contributed by atoms with van der Waals surface area (Å²) < 4.78 is 2.02. The standard InChI is InChI=1S/C10H10ClN3/c11-6-10-13-4-5-14(10)8-9-2-1-3-12-7-9/h1-5,7H,6,8H2. The molecule has 0 atom stereocenters. The van der Waals surface area contributed by atoms with Gasteiger partial charge in [-0.2, -0.15) is 0 Å². The van der Waals surface area contributed by atoms with Gasteiger partial charge in [0.1, 0.15) is 5.82 Å².